The first kappa shape index (κ1) is 20.0. The van der Waals surface area contributed by atoms with Crippen molar-refractivity contribution >= 4 is 27.3 Å². The number of sulfonamides is 1. The summed E-state index contributed by atoms with van der Waals surface area (Å²) in [6.07, 6.45) is 0.398. The molecule has 0 saturated carbocycles. The van der Waals surface area contributed by atoms with E-state index in [1.807, 2.05) is 0 Å². The highest BCUT2D eigenvalue weighted by Crippen LogP contribution is 2.28. The molecule has 1 N–H and O–H groups in total. The molecule has 0 bridgehead atoms. The summed E-state index contributed by atoms with van der Waals surface area (Å²) in [5.41, 5.74) is 0.377. The van der Waals surface area contributed by atoms with Gasteiger partial charge in [0.05, 0.1) is 24.0 Å². The topological polar surface area (TPSA) is 108 Å². The first-order valence-electron chi connectivity index (χ1n) is 7.43. The molecule has 0 aliphatic heterocycles. The molecule has 26 heavy (non-hydrogen) atoms. The molecule has 2 rings (SSSR count). The van der Waals surface area contributed by atoms with E-state index >= 15 is 0 Å². The second-order valence-electron chi connectivity index (χ2n) is 5.21. The minimum absolute atomic E-state index is 0.105. The number of rotatable bonds is 8. The van der Waals surface area contributed by atoms with Crippen LogP contribution < -0.4 is 14.2 Å². The molecule has 0 unspecified atom stereocenters. The van der Waals surface area contributed by atoms with Gasteiger partial charge in [-0.2, -0.15) is 0 Å². The third-order valence-electron chi connectivity index (χ3n) is 3.58. The second kappa shape index (κ2) is 8.35. The molecule has 0 radical (unpaired) electrons. The molecule has 2 aromatic rings. The Hall–Kier alpha value is -2.36. The van der Waals surface area contributed by atoms with Gasteiger partial charge >= 0.3 is 0 Å². The van der Waals surface area contributed by atoms with Crippen molar-refractivity contribution in [1.82, 2.24) is 4.72 Å². The molecule has 0 amide bonds. The Labute approximate surface area is 155 Å². The predicted octanol–water partition coefficient (Wildman–Crippen LogP) is 2.79. The molecule has 0 aliphatic rings. The molecule has 0 aromatic heterocycles. The number of nitrogens with zero attached hydrogens (tertiary/aromatic N) is 1. The van der Waals surface area contributed by atoms with E-state index in [0.717, 1.165) is 11.6 Å². The van der Waals surface area contributed by atoms with Crippen LogP contribution in [0.3, 0.4) is 0 Å². The van der Waals surface area contributed by atoms with E-state index < -0.39 is 20.6 Å². The van der Waals surface area contributed by atoms with Crippen molar-refractivity contribution < 1.29 is 22.8 Å². The van der Waals surface area contributed by atoms with E-state index in [9.17, 15) is 18.5 Å². The molecular weight excluding hydrogens is 384 g/mol. The number of benzene rings is 2. The van der Waals surface area contributed by atoms with Crippen LogP contribution in [0, 0.1) is 10.1 Å². The molecule has 0 fully saturated rings. The molecule has 10 heteroatoms. The number of nitro benzene ring substituents is 1. The number of hydrogen-bond donors (Lipinski definition) is 1. The van der Waals surface area contributed by atoms with E-state index in [2.05, 4.69) is 4.72 Å². The van der Waals surface area contributed by atoms with E-state index in [1.165, 1.54) is 26.4 Å². The summed E-state index contributed by atoms with van der Waals surface area (Å²) in [4.78, 5) is 9.94. The van der Waals surface area contributed by atoms with Gasteiger partial charge < -0.3 is 9.47 Å². The van der Waals surface area contributed by atoms with Crippen LogP contribution in [0.15, 0.2) is 41.3 Å². The molecule has 0 spiro atoms. The van der Waals surface area contributed by atoms with Crippen LogP contribution >= 0.6 is 11.6 Å². The largest absolute Gasteiger partial charge is 0.493 e. The van der Waals surface area contributed by atoms with Crippen molar-refractivity contribution in [2.75, 3.05) is 20.8 Å². The SMILES string of the molecule is COc1ccc(CCNS(=O)(=O)c2ccc(Cl)c([N+](=O)[O-])c2)cc1OC. The van der Waals surface area contributed by atoms with E-state index in [1.54, 1.807) is 18.2 Å². The minimum atomic E-state index is -3.90. The number of hydrogen-bond acceptors (Lipinski definition) is 6. The van der Waals surface area contributed by atoms with Crippen LogP contribution in [0.4, 0.5) is 5.69 Å². The third kappa shape index (κ3) is 4.63. The van der Waals surface area contributed by atoms with E-state index in [-0.39, 0.29) is 16.5 Å². The summed E-state index contributed by atoms with van der Waals surface area (Å²) in [7, 11) is -0.864. The van der Waals surface area contributed by atoms with Crippen LogP contribution in [-0.2, 0) is 16.4 Å². The maximum Gasteiger partial charge on any atom is 0.289 e. The normalized spacial score (nSPS) is 11.2. The lowest BCUT2D eigenvalue weighted by Crippen LogP contribution is -2.26. The van der Waals surface area contributed by atoms with Crippen LogP contribution in [0.1, 0.15) is 5.56 Å². The van der Waals surface area contributed by atoms with Gasteiger partial charge in [-0.1, -0.05) is 17.7 Å². The summed E-state index contributed by atoms with van der Waals surface area (Å²) < 4.78 is 37.4. The van der Waals surface area contributed by atoms with Crippen molar-refractivity contribution in [2.24, 2.45) is 0 Å². The Balaban J connectivity index is 2.09. The smallest absolute Gasteiger partial charge is 0.289 e. The predicted molar refractivity (Wildman–Crippen MR) is 96.5 cm³/mol. The van der Waals surface area contributed by atoms with Gasteiger partial charge in [0.25, 0.3) is 5.69 Å². The molecule has 140 valence electrons. The molecule has 0 aliphatic carbocycles. The van der Waals surface area contributed by atoms with E-state index in [0.29, 0.717) is 17.9 Å². The van der Waals surface area contributed by atoms with E-state index in [4.69, 9.17) is 21.1 Å². The van der Waals surface area contributed by atoms with Crippen molar-refractivity contribution in [1.29, 1.82) is 0 Å². The fraction of sp³-hybridized carbons (Fsp3) is 0.250. The fourth-order valence-electron chi connectivity index (χ4n) is 2.25. The fourth-order valence-corrected chi connectivity index (χ4v) is 3.49. The first-order chi connectivity index (χ1) is 12.3. The van der Waals surface area contributed by atoms with Crippen molar-refractivity contribution in [3.63, 3.8) is 0 Å². The summed E-state index contributed by atoms with van der Waals surface area (Å²) in [6, 6.07) is 8.60. The number of nitrogens with one attached hydrogen (secondary N) is 1. The average Bonchev–Trinajstić information content (AvgIpc) is 2.61. The average molecular weight is 401 g/mol. The monoisotopic (exact) mass is 400 g/mol. The maximum atomic E-state index is 12.3. The quantitative estimate of drug-likeness (QED) is 0.539. The standard InChI is InChI=1S/C16H17ClN2O6S/c1-24-15-6-3-11(9-16(15)25-2)7-8-18-26(22,23)12-4-5-13(17)14(10-12)19(20)21/h3-6,9-10,18H,7-8H2,1-2H3. The molecule has 2 aromatic carbocycles. The van der Waals surface area contributed by atoms with Gasteiger partial charge in [-0.3, -0.25) is 10.1 Å². The van der Waals surface area contributed by atoms with Gasteiger partial charge in [-0.05, 0) is 36.2 Å². The molecule has 0 atom stereocenters. The molecular formula is C16H17ClN2O6S. The number of ether oxygens (including phenoxy) is 2. The lowest BCUT2D eigenvalue weighted by Gasteiger charge is -2.10. The highest BCUT2D eigenvalue weighted by atomic mass is 35.5. The zero-order chi connectivity index (χ0) is 19.3. The van der Waals surface area contributed by atoms with Gasteiger partial charge in [0.15, 0.2) is 11.5 Å². The highest BCUT2D eigenvalue weighted by Gasteiger charge is 2.20. The Morgan fingerprint density at radius 3 is 2.42 bits per heavy atom. The minimum Gasteiger partial charge on any atom is -0.493 e. The lowest BCUT2D eigenvalue weighted by atomic mass is 10.1. The number of methoxy groups -OCH3 is 2. The maximum absolute atomic E-state index is 12.3. The Kier molecular flexibility index (Phi) is 6.41. The van der Waals surface area contributed by atoms with Gasteiger partial charge in [0.1, 0.15) is 5.02 Å². The van der Waals surface area contributed by atoms with Crippen molar-refractivity contribution in [2.45, 2.75) is 11.3 Å². The van der Waals surface area contributed by atoms with Crippen molar-refractivity contribution in [3.8, 4) is 11.5 Å². The first-order valence-corrected chi connectivity index (χ1v) is 9.29. The summed E-state index contributed by atoms with van der Waals surface area (Å²) in [6.45, 7) is 0.105. The zero-order valence-electron chi connectivity index (χ0n) is 14.1. The van der Waals surface area contributed by atoms with Crippen LogP contribution in [0.5, 0.6) is 11.5 Å². The van der Waals surface area contributed by atoms with Gasteiger partial charge in [0.2, 0.25) is 10.0 Å². The lowest BCUT2D eigenvalue weighted by molar-refractivity contribution is -0.384. The Bertz CT molecular complexity index is 917. The number of halogens is 1. The van der Waals surface area contributed by atoms with Gasteiger partial charge in [-0.25, -0.2) is 13.1 Å². The van der Waals surface area contributed by atoms with Gasteiger partial charge in [-0.15, -0.1) is 0 Å². The highest BCUT2D eigenvalue weighted by molar-refractivity contribution is 7.89. The summed E-state index contributed by atoms with van der Waals surface area (Å²) in [5.74, 6) is 1.12. The second-order valence-corrected chi connectivity index (χ2v) is 7.38. The summed E-state index contributed by atoms with van der Waals surface area (Å²) >= 11 is 5.70. The van der Waals surface area contributed by atoms with Crippen LogP contribution in [0.25, 0.3) is 0 Å². The summed E-state index contributed by atoms with van der Waals surface area (Å²) in [5, 5.41) is 10.8. The Morgan fingerprint density at radius 1 is 1.12 bits per heavy atom. The van der Waals surface area contributed by atoms with Crippen LogP contribution in [0.2, 0.25) is 5.02 Å². The molecule has 0 saturated heterocycles. The molecule has 0 heterocycles. The number of nitro groups is 1. The molecule has 8 nitrogen and oxygen atoms in total. The van der Waals surface area contributed by atoms with Crippen molar-refractivity contribution in [3.05, 3.63) is 57.1 Å². The van der Waals surface area contributed by atoms with Gasteiger partial charge in [0, 0.05) is 12.6 Å². The third-order valence-corrected chi connectivity index (χ3v) is 5.36. The van der Waals surface area contributed by atoms with Crippen LogP contribution in [-0.4, -0.2) is 34.1 Å². The Morgan fingerprint density at radius 2 is 1.81 bits per heavy atom. The zero-order valence-corrected chi connectivity index (χ0v) is 15.6.